The van der Waals surface area contributed by atoms with Gasteiger partial charge in [0.2, 0.25) is 5.88 Å². The highest BCUT2D eigenvalue weighted by molar-refractivity contribution is 14.0. The summed E-state index contributed by atoms with van der Waals surface area (Å²) in [5.74, 6) is 1.88. The average molecular weight is 554 g/mol. The molecule has 0 aliphatic heterocycles. The predicted octanol–water partition coefficient (Wildman–Crippen LogP) is 3.91. The van der Waals surface area contributed by atoms with Gasteiger partial charge in [0.15, 0.2) is 12.6 Å². The molecule has 0 unspecified atom stereocenters. The zero-order valence-corrected chi connectivity index (χ0v) is 19.8. The van der Waals surface area contributed by atoms with Crippen LogP contribution in [0, 0.1) is 0 Å². The van der Waals surface area contributed by atoms with E-state index in [0.717, 1.165) is 11.1 Å². The second-order valence-corrected chi connectivity index (χ2v) is 6.14. The van der Waals surface area contributed by atoms with Crippen LogP contribution < -0.4 is 24.8 Å². The predicted molar refractivity (Wildman–Crippen MR) is 122 cm³/mol. The Bertz CT molecular complexity index is 833. The summed E-state index contributed by atoms with van der Waals surface area (Å²) < 4.78 is 51.7. The van der Waals surface area contributed by atoms with Gasteiger partial charge in [-0.3, -0.25) is 0 Å². The molecular formula is C20H26F3IN4O3. The second kappa shape index (κ2) is 13.1. The Morgan fingerprint density at radius 2 is 1.87 bits per heavy atom. The SMILES string of the molecule is CCNC(=NCc1ccc(OCC(F)(F)F)nc1)NCc1ccc(OC)cc1OC.I. The van der Waals surface area contributed by atoms with Crippen molar-refractivity contribution < 1.29 is 27.4 Å². The van der Waals surface area contributed by atoms with E-state index in [-0.39, 0.29) is 29.9 Å². The fourth-order valence-corrected chi connectivity index (χ4v) is 2.43. The maximum absolute atomic E-state index is 12.2. The van der Waals surface area contributed by atoms with Crippen molar-refractivity contribution in [3.63, 3.8) is 0 Å². The molecule has 0 saturated carbocycles. The number of benzene rings is 1. The van der Waals surface area contributed by atoms with E-state index in [1.807, 2.05) is 19.1 Å². The molecule has 1 aromatic heterocycles. The second-order valence-electron chi connectivity index (χ2n) is 6.14. The fraction of sp³-hybridized carbons (Fsp3) is 0.400. The van der Waals surface area contributed by atoms with E-state index in [1.165, 1.54) is 12.3 Å². The number of halogens is 4. The molecule has 2 rings (SSSR count). The van der Waals surface area contributed by atoms with E-state index in [1.54, 1.807) is 26.4 Å². The Hall–Kier alpha value is -2.44. The van der Waals surface area contributed by atoms with E-state index in [4.69, 9.17) is 9.47 Å². The molecule has 0 aliphatic carbocycles. The summed E-state index contributed by atoms with van der Waals surface area (Å²) >= 11 is 0. The molecule has 0 aliphatic rings. The summed E-state index contributed by atoms with van der Waals surface area (Å²) in [6.07, 6.45) is -2.96. The molecule has 2 aromatic rings. The van der Waals surface area contributed by atoms with Crippen LogP contribution in [0.5, 0.6) is 17.4 Å². The summed E-state index contributed by atoms with van der Waals surface area (Å²) in [7, 11) is 3.18. The van der Waals surface area contributed by atoms with Gasteiger partial charge in [0.05, 0.1) is 20.8 Å². The molecule has 2 N–H and O–H groups in total. The molecule has 0 bridgehead atoms. The van der Waals surface area contributed by atoms with E-state index >= 15 is 0 Å². The van der Waals surface area contributed by atoms with Gasteiger partial charge in [0.1, 0.15) is 11.5 Å². The molecule has 172 valence electrons. The van der Waals surface area contributed by atoms with Crippen molar-refractivity contribution in [2.24, 2.45) is 4.99 Å². The molecule has 0 fully saturated rings. The monoisotopic (exact) mass is 554 g/mol. The van der Waals surface area contributed by atoms with Crippen molar-refractivity contribution in [2.75, 3.05) is 27.4 Å². The van der Waals surface area contributed by atoms with Crippen LogP contribution in [0.1, 0.15) is 18.1 Å². The maximum atomic E-state index is 12.2. The minimum absolute atomic E-state index is 0. The van der Waals surface area contributed by atoms with Crippen molar-refractivity contribution in [1.29, 1.82) is 0 Å². The smallest absolute Gasteiger partial charge is 0.422 e. The lowest BCUT2D eigenvalue weighted by Gasteiger charge is -2.14. The van der Waals surface area contributed by atoms with Crippen LogP contribution in [-0.2, 0) is 13.1 Å². The van der Waals surface area contributed by atoms with Gasteiger partial charge in [-0.05, 0) is 24.6 Å². The van der Waals surface area contributed by atoms with Crippen LogP contribution in [0.3, 0.4) is 0 Å². The van der Waals surface area contributed by atoms with Crippen molar-refractivity contribution in [2.45, 2.75) is 26.2 Å². The Labute approximate surface area is 196 Å². The van der Waals surface area contributed by atoms with Crippen molar-refractivity contribution in [1.82, 2.24) is 15.6 Å². The van der Waals surface area contributed by atoms with Gasteiger partial charge in [-0.1, -0.05) is 6.07 Å². The number of nitrogens with zero attached hydrogens (tertiary/aromatic N) is 2. The molecule has 1 heterocycles. The third-order valence-corrected chi connectivity index (χ3v) is 3.89. The summed E-state index contributed by atoms with van der Waals surface area (Å²) in [5.41, 5.74) is 1.66. The Balaban J connectivity index is 0.00000480. The average Bonchev–Trinajstić information content (AvgIpc) is 2.74. The largest absolute Gasteiger partial charge is 0.497 e. The molecule has 0 radical (unpaired) electrons. The third-order valence-electron chi connectivity index (χ3n) is 3.89. The number of rotatable bonds is 9. The summed E-state index contributed by atoms with van der Waals surface area (Å²) in [6.45, 7) is 2.00. The molecule has 0 saturated heterocycles. The summed E-state index contributed by atoms with van der Waals surface area (Å²) in [5, 5.41) is 6.35. The first-order chi connectivity index (χ1) is 14.3. The molecular weight excluding hydrogens is 528 g/mol. The number of methoxy groups -OCH3 is 2. The minimum Gasteiger partial charge on any atom is -0.497 e. The zero-order chi connectivity index (χ0) is 22.0. The topological polar surface area (TPSA) is 77.0 Å². The van der Waals surface area contributed by atoms with Gasteiger partial charge in [-0.15, -0.1) is 24.0 Å². The Kier molecular flexibility index (Phi) is 11.2. The minimum atomic E-state index is -4.40. The van der Waals surface area contributed by atoms with Crippen LogP contribution >= 0.6 is 24.0 Å². The van der Waals surface area contributed by atoms with Crippen LogP contribution in [-0.4, -0.2) is 44.5 Å². The third kappa shape index (κ3) is 9.49. The lowest BCUT2D eigenvalue weighted by molar-refractivity contribution is -0.154. The van der Waals surface area contributed by atoms with Crippen molar-refractivity contribution >= 4 is 29.9 Å². The highest BCUT2D eigenvalue weighted by Crippen LogP contribution is 2.24. The van der Waals surface area contributed by atoms with Crippen molar-refractivity contribution in [3.05, 3.63) is 47.7 Å². The molecule has 0 spiro atoms. The van der Waals surface area contributed by atoms with Gasteiger partial charge < -0.3 is 24.8 Å². The molecule has 0 amide bonds. The van der Waals surface area contributed by atoms with Gasteiger partial charge in [-0.25, -0.2) is 9.98 Å². The summed E-state index contributed by atoms with van der Waals surface area (Å²) in [6, 6.07) is 8.56. The van der Waals surface area contributed by atoms with Crippen LogP contribution in [0.4, 0.5) is 13.2 Å². The zero-order valence-electron chi connectivity index (χ0n) is 17.5. The number of aliphatic imine (C=N–C) groups is 1. The number of nitrogens with one attached hydrogen (secondary N) is 2. The number of hydrogen-bond acceptors (Lipinski definition) is 5. The first-order valence-corrected chi connectivity index (χ1v) is 9.22. The molecule has 7 nitrogen and oxygen atoms in total. The van der Waals surface area contributed by atoms with Crippen LogP contribution in [0.15, 0.2) is 41.5 Å². The quantitative estimate of drug-likeness (QED) is 0.278. The standard InChI is InChI=1S/C20H25F3N4O3.HI/c1-4-24-19(27-12-15-6-7-16(28-2)9-17(15)29-3)26-11-14-5-8-18(25-10-14)30-13-20(21,22)23;/h5-10H,4,11-13H2,1-3H3,(H2,24,26,27);1H. The number of ether oxygens (including phenoxy) is 3. The Morgan fingerprint density at radius 1 is 1.10 bits per heavy atom. The highest BCUT2D eigenvalue weighted by atomic mass is 127. The first-order valence-electron chi connectivity index (χ1n) is 9.22. The number of pyridine rings is 1. The molecule has 1 aromatic carbocycles. The number of alkyl halides is 3. The van der Waals surface area contributed by atoms with Crippen LogP contribution in [0.25, 0.3) is 0 Å². The summed E-state index contributed by atoms with van der Waals surface area (Å²) in [4.78, 5) is 8.35. The van der Waals surface area contributed by atoms with Crippen molar-refractivity contribution in [3.8, 4) is 17.4 Å². The van der Waals surface area contributed by atoms with Gasteiger partial charge in [0.25, 0.3) is 0 Å². The molecule has 0 atom stereocenters. The van der Waals surface area contributed by atoms with E-state index < -0.39 is 12.8 Å². The van der Waals surface area contributed by atoms with E-state index in [0.29, 0.717) is 37.1 Å². The van der Waals surface area contributed by atoms with Gasteiger partial charge in [-0.2, -0.15) is 13.2 Å². The number of hydrogen-bond donors (Lipinski definition) is 2. The molecule has 11 heteroatoms. The number of guanidine groups is 1. The van der Waals surface area contributed by atoms with Gasteiger partial charge >= 0.3 is 6.18 Å². The van der Waals surface area contributed by atoms with E-state index in [9.17, 15) is 13.2 Å². The highest BCUT2D eigenvalue weighted by Gasteiger charge is 2.28. The Morgan fingerprint density at radius 3 is 2.45 bits per heavy atom. The lowest BCUT2D eigenvalue weighted by Crippen LogP contribution is -2.36. The first kappa shape index (κ1) is 26.6. The van der Waals surface area contributed by atoms with Gasteiger partial charge in [0, 0.05) is 37.0 Å². The van der Waals surface area contributed by atoms with E-state index in [2.05, 4.69) is 25.3 Å². The lowest BCUT2D eigenvalue weighted by atomic mass is 10.2. The fourth-order valence-electron chi connectivity index (χ4n) is 2.43. The maximum Gasteiger partial charge on any atom is 0.422 e. The van der Waals surface area contributed by atoms with Crippen LogP contribution in [0.2, 0.25) is 0 Å². The number of aromatic nitrogens is 1. The molecule has 31 heavy (non-hydrogen) atoms. The normalized spacial score (nSPS) is 11.4.